The van der Waals surface area contributed by atoms with E-state index in [2.05, 4.69) is 0 Å². The number of carbonyl (C=O) groups is 2. The maximum atomic E-state index is 11.5. The summed E-state index contributed by atoms with van der Waals surface area (Å²) in [6.07, 6.45) is 0. The van der Waals surface area contributed by atoms with E-state index in [4.69, 9.17) is 17.2 Å². The molecule has 6 nitrogen and oxygen atoms in total. The molecule has 2 amide bonds. The van der Waals surface area contributed by atoms with Gasteiger partial charge in [-0.2, -0.15) is 11.8 Å². The largest absolute Gasteiger partial charge is 0.397 e. The van der Waals surface area contributed by atoms with Crippen LogP contribution < -0.4 is 22.1 Å². The van der Waals surface area contributed by atoms with Crippen LogP contribution in [0.3, 0.4) is 0 Å². The number of nitrogens with two attached hydrogens (primary N) is 3. The molecule has 0 radical (unpaired) electrons. The van der Waals surface area contributed by atoms with Gasteiger partial charge < -0.3 is 22.1 Å². The lowest BCUT2D eigenvalue weighted by Crippen LogP contribution is -2.33. The van der Waals surface area contributed by atoms with Crippen LogP contribution in [0, 0.1) is 0 Å². The monoisotopic (exact) mass is 286 g/mol. The zero-order valence-corrected chi connectivity index (χ0v) is 11.3. The van der Waals surface area contributed by atoms with Gasteiger partial charge in [0, 0.05) is 24.6 Å². The predicted octanol–water partition coefficient (Wildman–Crippen LogP) is 0.0813. The highest BCUT2D eigenvalue weighted by atomic mass is 32.2. The van der Waals surface area contributed by atoms with Crippen LogP contribution in [-0.2, 0) is 0 Å². The molecular weight excluding hydrogens is 272 g/mol. The van der Waals surface area contributed by atoms with Crippen molar-refractivity contribution in [1.82, 2.24) is 0 Å². The van der Waals surface area contributed by atoms with Gasteiger partial charge in [0.2, 0.25) is 0 Å². The van der Waals surface area contributed by atoms with Gasteiger partial charge in [-0.3, -0.25) is 9.59 Å². The van der Waals surface area contributed by atoms with Crippen LogP contribution in [0.2, 0.25) is 0 Å². The van der Waals surface area contributed by atoms with Gasteiger partial charge in [-0.05, 0) is 0 Å². The van der Waals surface area contributed by atoms with E-state index >= 15 is 0 Å². The van der Waals surface area contributed by atoms with Gasteiger partial charge >= 0.3 is 0 Å². The third kappa shape index (κ3) is 2.25. The van der Waals surface area contributed by atoms with E-state index in [1.165, 1.54) is 0 Å². The molecule has 0 aromatic carbocycles. The summed E-state index contributed by atoms with van der Waals surface area (Å²) in [5, 5.41) is 0.661. The minimum atomic E-state index is -0.627. The number of hydrogen-bond donors (Lipinski definition) is 3. The molecule has 0 bridgehead atoms. The molecule has 0 unspecified atom stereocenters. The molecule has 0 saturated carbocycles. The number of hydrogen-bond acceptors (Lipinski definition) is 6. The van der Waals surface area contributed by atoms with Gasteiger partial charge in [0.25, 0.3) is 11.8 Å². The predicted molar refractivity (Wildman–Crippen MR) is 75.3 cm³/mol. The first-order chi connectivity index (χ1) is 8.52. The van der Waals surface area contributed by atoms with E-state index in [-0.39, 0.29) is 16.1 Å². The van der Waals surface area contributed by atoms with Gasteiger partial charge in [0.15, 0.2) is 0 Å². The molecule has 2 rings (SSSR count). The fourth-order valence-corrected chi connectivity index (χ4v) is 3.88. The van der Waals surface area contributed by atoms with Crippen molar-refractivity contribution in [1.29, 1.82) is 0 Å². The van der Waals surface area contributed by atoms with E-state index in [1.54, 1.807) is 0 Å². The Labute approximate surface area is 112 Å². The number of carbonyl (C=O) groups excluding carboxylic acids is 2. The summed E-state index contributed by atoms with van der Waals surface area (Å²) >= 11 is 2.99. The Bertz CT molecular complexity index is 494. The van der Waals surface area contributed by atoms with Crippen LogP contribution >= 0.6 is 23.1 Å². The molecule has 1 aliphatic heterocycles. The molecule has 1 fully saturated rings. The van der Waals surface area contributed by atoms with Crippen molar-refractivity contribution in [2.24, 2.45) is 11.5 Å². The van der Waals surface area contributed by atoms with Crippen molar-refractivity contribution in [3.8, 4) is 0 Å². The lowest BCUT2D eigenvalue weighted by Gasteiger charge is -2.27. The van der Waals surface area contributed by atoms with E-state index in [0.717, 1.165) is 35.9 Å². The molecule has 18 heavy (non-hydrogen) atoms. The van der Waals surface area contributed by atoms with E-state index < -0.39 is 11.8 Å². The Balaban J connectivity index is 2.47. The summed E-state index contributed by atoms with van der Waals surface area (Å²) in [4.78, 5) is 25.0. The van der Waals surface area contributed by atoms with Gasteiger partial charge in [0.1, 0.15) is 9.88 Å². The first-order valence-electron chi connectivity index (χ1n) is 5.37. The Morgan fingerprint density at radius 1 is 1.11 bits per heavy atom. The van der Waals surface area contributed by atoms with Crippen LogP contribution in [-0.4, -0.2) is 36.4 Å². The molecule has 0 atom stereocenters. The topological polar surface area (TPSA) is 115 Å². The molecule has 1 aliphatic rings. The fraction of sp³-hybridized carbons (Fsp3) is 0.400. The van der Waals surface area contributed by atoms with Crippen LogP contribution in [0.4, 0.5) is 10.7 Å². The normalized spacial score (nSPS) is 15.7. The van der Waals surface area contributed by atoms with Crippen molar-refractivity contribution >= 4 is 45.6 Å². The number of amides is 2. The highest BCUT2D eigenvalue weighted by Crippen LogP contribution is 2.38. The van der Waals surface area contributed by atoms with Crippen molar-refractivity contribution in [3.63, 3.8) is 0 Å². The average molecular weight is 286 g/mol. The van der Waals surface area contributed by atoms with E-state index in [0.29, 0.717) is 5.00 Å². The smallest absolute Gasteiger partial charge is 0.260 e. The number of rotatable bonds is 3. The lowest BCUT2D eigenvalue weighted by molar-refractivity contribution is 0.0999. The molecule has 0 aliphatic carbocycles. The number of thioether (sulfide) groups is 1. The SMILES string of the molecule is NC(=O)c1sc(N2CCSCC2)c(C(N)=O)c1N. The molecule has 0 spiro atoms. The first-order valence-corrected chi connectivity index (χ1v) is 7.34. The maximum absolute atomic E-state index is 11.5. The second-order valence-corrected chi connectivity index (χ2v) is 6.08. The Morgan fingerprint density at radius 3 is 2.22 bits per heavy atom. The van der Waals surface area contributed by atoms with Crippen molar-refractivity contribution in [3.05, 3.63) is 10.4 Å². The summed E-state index contributed by atoms with van der Waals surface area (Å²) in [5.74, 6) is 0.700. The second kappa shape index (κ2) is 5.07. The zero-order chi connectivity index (χ0) is 13.3. The first kappa shape index (κ1) is 13.0. The maximum Gasteiger partial charge on any atom is 0.260 e. The Morgan fingerprint density at radius 2 is 1.72 bits per heavy atom. The third-order valence-corrected chi connectivity index (χ3v) is 4.92. The summed E-state index contributed by atoms with van der Waals surface area (Å²) in [6.45, 7) is 1.62. The van der Waals surface area contributed by atoms with Crippen molar-refractivity contribution in [2.75, 3.05) is 35.2 Å². The standard InChI is InChI=1S/C10H14N4O2S2/c11-6-5(8(12)15)10(18-7(6)9(13)16)14-1-3-17-4-2-14/h1-4,11H2,(H2,12,15)(H2,13,16). The third-order valence-electron chi connectivity index (χ3n) is 2.70. The molecule has 1 aromatic rings. The summed E-state index contributed by atoms with van der Waals surface area (Å²) in [5.41, 5.74) is 16.7. The summed E-state index contributed by atoms with van der Waals surface area (Å²) in [6, 6.07) is 0. The highest BCUT2D eigenvalue weighted by molar-refractivity contribution is 7.99. The van der Waals surface area contributed by atoms with Crippen LogP contribution in [0.15, 0.2) is 0 Å². The molecule has 1 saturated heterocycles. The van der Waals surface area contributed by atoms with Crippen LogP contribution in [0.1, 0.15) is 20.0 Å². The Hall–Kier alpha value is -1.41. The molecule has 6 N–H and O–H groups in total. The zero-order valence-electron chi connectivity index (χ0n) is 9.64. The van der Waals surface area contributed by atoms with E-state index in [9.17, 15) is 9.59 Å². The van der Waals surface area contributed by atoms with Gasteiger partial charge in [0.05, 0.1) is 11.3 Å². The van der Waals surface area contributed by atoms with Crippen molar-refractivity contribution in [2.45, 2.75) is 0 Å². The molecule has 8 heteroatoms. The summed E-state index contributed by atoms with van der Waals surface area (Å²) < 4.78 is 0. The Kier molecular flexibility index (Phi) is 3.67. The van der Waals surface area contributed by atoms with Gasteiger partial charge in [-0.15, -0.1) is 11.3 Å². The van der Waals surface area contributed by atoms with Gasteiger partial charge in [-0.1, -0.05) is 0 Å². The second-order valence-electron chi connectivity index (χ2n) is 3.85. The van der Waals surface area contributed by atoms with E-state index in [1.807, 2.05) is 16.7 Å². The summed E-state index contributed by atoms with van der Waals surface area (Å²) in [7, 11) is 0. The fourth-order valence-electron chi connectivity index (χ4n) is 1.84. The number of anilines is 2. The van der Waals surface area contributed by atoms with Crippen LogP contribution in [0.5, 0.6) is 0 Å². The average Bonchev–Trinajstić information content (AvgIpc) is 2.68. The number of nitrogens with zero attached hydrogens (tertiary/aromatic N) is 1. The highest BCUT2D eigenvalue weighted by Gasteiger charge is 2.27. The van der Waals surface area contributed by atoms with Crippen molar-refractivity contribution < 1.29 is 9.59 Å². The molecule has 1 aromatic heterocycles. The number of thiophene rings is 1. The molecular formula is C10H14N4O2S2. The van der Waals surface area contributed by atoms with Crippen LogP contribution in [0.25, 0.3) is 0 Å². The quantitative estimate of drug-likeness (QED) is 0.728. The molecule has 98 valence electrons. The minimum Gasteiger partial charge on any atom is -0.397 e. The number of nitrogen functional groups attached to an aromatic ring is 1. The molecule has 2 heterocycles. The van der Waals surface area contributed by atoms with Gasteiger partial charge in [-0.25, -0.2) is 0 Å². The minimum absolute atomic E-state index is 0.105. The lowest BCUT2D eigenvalue weighted by atomic mass is 10.2. The number of primary amides is 2.